The first-order valence-corrected chi connectivity index (χ1v) is 11.0. The van der Waals surface area contributed by atoms with Gasteiger partial charge in [-0.1, -0.05) is 43.0 Å². The van der Waals surface area contributed by atoms with E-state index in [1.54, 1.807) is 6.92 Å². The molecule has 0 N–H and O–H groups in total. The molecule has 2 aliphatic heterocycles. The first-order chi connectivity index (χ1) is 14.9. The predicted octanol–water partition coefficient (Wildman–Crippen LogP) is 4.06. The number of allylic oxidation sites excluding steroid dienone is 1. The zero-order chi connectivity index (χ0) is 22.0. The molecular formula is C25H30O6. The van der Waals surface area contributed by atoms with Crippen LogP contribution in [-0.2, 0) is 28.5 Å². The van der Waals surface area contributed by atoms with Crippen LogP contribution in [0.4, 0.5) is 0 Å². The van der Waals surface area contributed by atoms with Gasteiger partial charge in [0.1, 0.15) is 12.2 Å². The molecule has 6 heteroatoms. The topological polar surface area (TPSA) is 74.4 Å². The second kappa shape index (κ2) is 8.97. The highest BCUT2D eigenvalue weighted by atomic mass is 16.6. The van der Waals surface area contributed by atoms with Crippen molar-refractivity contribution in [3.8, 4) is 0 Å². The van der Waals surface area contributed by atoms with Crippen molar-refractivity contribution in [2.75, 3.05) is 13.2 Å². The Labute approximate surface area is 183 Å². The molecule has 1 aromatic carbocycles. The van der Waals surface area contributed by atoms with Gasteiger partial charge in [-0.05, 0) is 50.7 Å². The van der Waals surface area contributed by atoms with Crippen molar-refractivity contribution < 1.29 is 28.5 Å². The molecule has 0 radical (unpaired) electrons. The lowest BCUT2D eigenvalue weighted by molar-refractivity contribution is -0.156. The van der Waals surface area contributed by atoms with Crippen molar-refractivity contribution in [1.82, 2.24) is 0 Å². The van der Waals surface area contributed by atoms with Crippen molar-refractivity contribution in [3.05, 3.63) is 59.7 Å². The highest BCUT2D eigenvalue weighted by Crippen LogP contribution is 2.49. The van der Waals surface area contributed by atoms with Gasteiger partial charge in [0.2, 0.25) is 0 Å². The molecule has 2 saturated heterocycles. The van der Waals surface area contributed by atoms with Gasteiger partial charge < -0.3 is 18.9 Å². The molecule has 5 atom stereocenters. The van der Waals surface area contributed by atoms with Crippen LogP contribution in [0.3, 0.4) is 0 Å². The maximum absolute atomic E-state index is 12.5. The van der Waals surface area contributed by atoms with Crippen LogP contribution in [-0.4, -0.2) is 43.0 Å². The summed E-state index contributed by atoms with van der Waals surface area (Å²) in [5.41, 5.74) is 2.12. The fourth-order valence-electron chi connectivity index (χ4n) is 4.59. The fourth-order valence-corrected chi connectivity index (χ4v) is 4.59. The van der Waals surface area contributed by atoms with E-state index in [4.69, 9.17) is 18.9 Å². The average Bonchev–Trinajstić information content (AvgIpc) is 3.35. The highest BCUT2D eigenvalue weighted by molar-refractivity contribution is 5.91. The average molecular weight is 427 g/mol. The number of epoxide rings is 1. The smallest absolute Gasteiger partial charge is 0.339 e. The lowest BCUT2D eigenvalue weighted by Crippen LogP contribution is -2.29. The molecule has 2 fully saturated rings. The van der Waals surface area contributed by atoms with E-state index in [0.717, 1.165) is 36.8 Å². The summed E-state index contributed by atoms with van der Waals surface area (Å²) in [4.78, 5) is 24.6. The van der Waals surface area contributed by atoms with E-state index in [0.29, 0.717) is 18.8 Å². The van der Waals surface area contributed by atoms with Gasteiger partial charge >= 0.3 is 11.9 Å². The number of benzene rings is 1. The monoisotopic (exact) mass is 426 g/mol. The summed E-state index contributed by atoms with van der Waals surface area (Å²) in [7, 11) is 0. The molecule has 6 nitrogen and oxygen atoms in total. The van der Waals surface area contributed by atoms with E-state index >= 15 is 0 Å². The molecular weight excluding hydrogens is 396 g/mol. The zero-order valence-electron chi connectivity index (χ0n) is 18.2. The molecule has 4 rings (SSSR count). The van der Waals surface area contributed by atoms with E-state index in [1.165, 1.54) is 0 Å². The highest BCUT2D eigenvalue weighted by Gasteiger charge is 2.61. The molecule has 0 spiro atoms. The SMILES string of the molecule is C=C1C(=O)O[C@@H]2[C@H]3O[C@]3(C)CC/C=C(/COC(C(=O)OCC)c3ccccc3)CC[C@@H]12. The number of carbonyl (C=O) groups is 2. The summed E-state index contributed by atoms with van der Waals surface area (Å²) < 4.78 is 22.9. The normalized spacial score (nSPS) is 32.7. The second-order valence-electron chi connectivity index (χ2n) is 8.65. The molecule has 0 aromatic heterocycles. The summed E-state index contributed by atoms with van der Waals surface area (Å²) >= 11 is 0. The van der Waals surface area contributed by atoms with Gasteiger partial charge in [-0.25, -0.2) is 9.59 Å². The summed E-state index contributed by atoms with van der Waals surface area (Å²) in [6.07, 6.45) is 4.24. The number of esters is 2. The minimum Gasteiger partial charge on any atom is -0.464 e. The van der Waals surface area contributed by atoms with Gasteiger partial charge in [-0.3, -0.25) is 0 Å². The largest absolute Gasteiger partial charge is 0.464 e. The quantitative estimate of drug-likeness (QED) is 0.296. The van der Waals surface area contributed by atoms with E-state index in [-0.39, 0.29) is 35.7 Å². The van der Waals surface area contributed by atoms with Crippen LogP contribution >= 0.6 is 0 Å². The van der Waals surface area contributed by atoms with Crippen LogP contribution in [0.1, 0.15) is 51.2 Å². The van der Waals surface area contributed by atoms with Gasteiger partial charge in [0.05, 0.1) is 18.8 Å². The van der Waals surface area contributed by atoms with Crippen molar-refractivity contribution in [1.29, 1.82) is 0 Å². The third-order valence-corrected chi connectivity index (χ3v) is 6.48. The maximum atomic E-state index is 12.5. The first kappa shape index (κ1) is 21.8. The number of rotatable bonds is 6. The fraction of sp³-hybridized carbons (Fsp3) is 0.520. The second-order valence-corrected chi connectivity index (χ2v) is 8.65. The van der Waals surface area contributed by atoms with Gasteiger partial charge in [0, 0.05) is 11.5 Å². The van der Waals surface area contributed by atoms with Crippen LogP contribution in [0.5, 0.6) is 0 Å². The Bertz CT molecular complexity index is 875. The van der Waals surface area contributed by atoms with E-state index < -0.39 is 6.10 Å². The van der Waals surface area contributed by atoms with Gasteiger partial charge in [0.15, 0.2) is 6.10 Å². The Morgan fingerprint density at radius 3 is 2.84 bits per heavy atom. The minimum atomic E-state index is -0.773. The molecule has 0 amide bonds. The van der Waals surface area contributed by atoms with Gasteiger partial charge in [0.25, 0.3) is 0 Å². The molecule has 1 aromatic rings. The number of hydrogen-bond acceptors (Lipinski definition) is 6. The summed E-state index contributed by atoms with van der Waals surface area (Å²) in [5, 5.41) is 0. The number of ether oxygens (including phenoxy) is 4. The first-order valence-electron chi connectivity index (χ1n) is 11.0. The number of carbonyl (C=O) groups excluding carboxylic acids is 2. The molecule has 166 valence electrons. The van der Waals surface area contributed by atoms with E-state index in [2.05, 4.69) is 19.6 Å². The third kappa shape index (κ3) is 4.60. The van der Waals surface area contributed by atoms with Gasteiger partial charge in [-0.15, -0.1) is 0 Å². The van der Waals surface area contributed by atoms with Crippen molar-refractivity contribution in [2.24, 2.45) is 5.92 Å². The Morgan fingerprint density at radius 1 is 1.32 bits per heavy atom. The van der Waals surface area contributed by atoms with Crippen LogP contribution in [0.15, 0.2) is 54.1 Å². The van der Waals surface area contributed by atoms with Crippen LogP contribution in [0, 0.1) is 5.92 Å². The molecule has 31 heavy (non-hydrogen) atoms. The molecule has 3 aliphatic rings. The minimum absolute atomic E-state index is 0.0572. The van der Waals surface area contributed by atoms with Crippen LogP contribution < -0.4 is 0 Å². The van der Waals surface area contributed by atoms with Crippen molar-refractivity contribution in [3.63, 3.8) is 0 Å². The lowest BCUT2D eigenvalue weighted by Gasteiger charge is -2.21. The molecule has 1 unspecified atom stereocenters. The number of fused-ring (bicyclic) bond motifs is 3. The van der Waals surface area contributed by atoms with Crippen molar-refractivity contribution in [2.45, 2.75) is 63.4 Å². The number of hydrogen-bond donors (Lipinski definition) is 0. The summed E-state index contributed by atoms with van der Waals surface area (Å²) in [5.74, 6) is -0.768. The predicted molar refractivity (Wildman–Crippen MR) is 114 cm³/mol. The van der Waals surface area contributed by atoms with E-state index in [1.807, 2.05) is 30.3 Å². The van der Waals surface area contributed by atoms with Crippen LogP contribution in [0.2, 0.25) is 0 Å². The van der Waals surface area contributed by atoms with Crippen LogP contribution in [0.25, 0.3) is 0 Å². The third-order valence-electron chi connectivity index (χ3n) is 6.48. The lowest BCUT2D eigenvalue weighted by atomic mass is 9.84. The molecule has 0 bridgehead atoms. The Kier molecular flexibility index (Phi) is 6.30. The standard InChI is InChI=1S/C25H30O6/c1-4-28-24(27)20(18-10-6-5-7-11-18)29-15-17-9-8-14-25(3)22(31-25)21-19(13-12-17)16(2)23(26)30-21/h5-7,9-11,19-22H,2,4,8,12-15H2,1,3H3/b17-9+/t19-,20?,21-,22+,25+/m0/s1. The summed E-state index contributed by atoms with van der Waals surface area (Å²) in [6.45, 7) is 8.43. The summed E-state index contributed by atoms with van der Waals surface area (Å²) in [6, 6.07) is 9.39. The molecule has 1 aliphatic carbocycles. The van der Waals surface area contributed by atoms with Gasteiger partial charge in [-0.2, -0.15) is 0 Å². The van der Waals surface area contributed by atoms with E-state index in [9.17, 15) is 9.59 Å². The molecule has 0 saturated carbocycles. The Hall–Kier alpha value is -2.44. The zero-order valence-corrected chi connectivity index (χ0v) is 18.2. The Morgan fingerprint density at radius 2 is 2.10 bits per heavy atom. The van der Waals surface area contributed by atoms with Crippen molar-refractivity contribution >= 4 is 11.9 Å². The Balaban J connectivity index is 1.48. The molecule has 2 heterocycles. The maximum Gasteiger partial charge on any atom is 0.339 e.